The number of rotatable bonds is 7. The number of aromatic nitrogens is 4. The maximum Gasteiger partial charge on any atom is 0.214 e. The molecule has 0 unspecified atom stereocenters. The summed E-state index contributed by atoms with van der Waals surface area (Å²) in [5, 5.41) is 12.9. The number of anilines is 1. The molecular weight excluding hydrogens is 313 g/mol. The molecule has 7 heteroatoms. The molecule has 0 radical (unpaired) electrons. The summed E-state index contributed by atoms with van der Waals surface area (Å²) in [6.45, 7) is 0.739. The van der Waals surface area contributed by atoms with Gasteiger partial charge in [0.1, 0.15) is 11.6 Å². The highest BCUT2D eigenvalue weighted by molar-refractivity contribution is 7.98. The fourth-order valence-electron chi connectivity index (χ4n) is 3.12. The van der Waals surface area contributed by atoms with Gasteiger partial charge in [0.25, 0.3) is 0 Å². The molecule has 0 aromatic carbocycles. The third-order valence-corrected chi connectivity index (χ3v) is 4.85. The van der Waals surface area contributed by atoms with E-state index in [9.17, 15) is 4.39 Å². The number of aryl methyl sites for hydroxylation is 1. The van der Waals surface area contributed by atoms with E-state index in [1.165, 1.54) is 31.7 Å². The first-order valence-corrected chi connectivity index (χ1v) is 9.34. The van der Waals surface area contributed by atoms with Crippen LogP contribution in [0.15, 0.2) is 23.4 Å². The van der Waals surface area contributed by atoms with Gasteiger partial charge in [0, 0.05) is 19.0 Å². The number of pyridine rings is 1. The van der Waals surface area contributed by atoms with Gasteiger partial charge in [-0.1, -0.05) is 30.7 Å². The van der Waals surface area contributed by atoms with Crippen LogP contribution in [0.3, 0.4) is 0 Å². The van der Waals surface area contributed by atoms with Crippen molar-refractivity contribution >= 4 is 17.6 Å². The largest absolute Gasteiger partial charge is 0.370 e. The van der Waals surface area contributed by atoms with Crippen molar-refractivity contribution in [2.75, 3.05) is 18.1 Å². The summed E-state index contributed by atoms with van der Waals surface area (Å²) in [4.78, 5) is 3.80. The van der Waals surface area contributed by atoms with Crippen molar-refractivity contribution in [3.8, 4) is 0 Å². The van der Waals surface area contributed by atoms with Gasteiger partial charge in [-0.25, -0.2) is 4.98 Å². The smallest absolute Gasteiger partial charge is 0.214 e. The van der Waals surface area contributed by atoms with Crippen molar-refractivity contribution in [3.63, 3.8) is 0 Å². The highest BCUT2D eigenvalue weighted by Gasteiger charge is 2.23. The second-order valence-corrected chi connectivity index (χ2v) is 6.56. The molecule has 23 heavy (non-hydrogen) atoms. The molecule has 0 saturated heterocycles. The van der Waals surface area contributed by atoms with Crippen LogP contribution in [0.5, 0.6) is 0 Å². The third-order valence-electron chi connectivity index (χ3n) is 4.21. The Labute approximate surface area is 140 Å². The van der Waals surface area contributed by atoms with Gasteiger partial charge >= 0.3 is 0 Å². The molecule has 124 valence electrons. The SMILES string of the molecule is CSc1nnc(CCCNc2cccc(F)n2)n1C1CCCC1. The maximum atomic E-state index is 13.0. The normalized spacial score (nSPS) is 15.2. The summed E-state index contributed by atoms with van der Waals surface area (Å²) in [7, 11) is 0. The Hall–Kier alpha value is -1.63. The van der Waals surface area contributed by atoms with Gasteiger partial charge in [-0.15, -0.1) is 10.2 Å². The molecule has 2 aromatic rings. The number of hydrogen-bond donors (Lipinski definition) is 1. The van der Waals surface area contributed by atoms with Crippen molar-refractivity contribution in [2.24, 2.45) is 0 Å². The lowest BCUT2D eigenvalue weighted by atomic mass is 10.2. The first-order valence-electron chi connectivity index (χ1n) is 8.12. The Balaban J connectivity index is 1.56. The number of hydrogen-bond acceptors (Lipinski definition) is 5. The van der Waals surface area contributed by atoms with Crippen molar-refractivity contribution in [1.29, 1.82) is 0 Å². The molecule has 3 rings (SSSR count). The lowest BCUT2D eigenvalue weighted by Crippen LogP contribution is -2.12. The number of nitrogens with zero attached hydrogens (tertiary/aromatic N) is 4. The molecule has 1 fully saturated rings. The predicted octanol–water partition coefficient (Wildman–Crippen LogP) is 3.69. The van der Waals surface area contributed by atoms with Gasteiger partial charge in [-0.2, -0.15) is 4.39 Å². The first-order chi connectivity index (χ1) is 11.3. The van der Waals surface area contributed by atoms with Gasteiger partial charge in [-0.05, 0) is 37.7 Å². The van der Waals surface area contributed by atoms with Crippen molar-refractivity contribution in [1.82, 2.24) is 19.7 Å². The molecule has 1 aliphatic rings. The summed E-state index contributed by atoms with van der Waals surface area (Å²) in [5.74, 6) is 1.18. The van der Waals surface area contributed by atoms with Crippen LogP contribution in [0.4, 0.5) is 10.2 Å². The minimum Gasteiger partial charge on any atom is -0.370 e. The second-order valence-electron chi connectivity index (χ2n) is 5.79. The Bertz CT molecular complexity index is 639. The van der Waals surface area contributed by atoms with E-state index in [0.717, 1.165) is 30.4 Å². The van der Waals surface area contributed by atoms with Crippen LogP contribution < -0.4 is 5.32 Å². The Morgan fingerprint density at radius 3 is 2.87 bits per heavy atom. The van der Waals surface area contributed by atoms with Crippen LogP contribution in [0, 0.1) is 5.95 Å². The molecule has 0 atom stereocenters. The lowest BCUT2D eigenvalue weighted by Gasteiger charge is -2.16. The van der Waals surface area contributed by atoms with Crippen LogP contribution in [0.1, 0.15) is 44.0 Å². The molecule has 1 aliphatic carbocycles. The standard InChI is InChI=1S/C16H22FN5S/c1-23-16-21-20-15(22(16)12-6-2-3-7-12)10-5-11-18-14-9-4-8-13(17)19-14/h4,8-9,12H,2-3,5-7,10-11H2,1H3,(H,18,19). The quantitative estimate of drug-likeness (QED) is 0.475. The Morgan fingerprint density at radius 1 is 1.30 bits per heavy atom. The van der Waals surface area contributed by atoms with E-state index in [0.29, 0.717) is 11.9 Å². The molecule has 0 amide bonds. The fourth-order valence-corrected chi connectivity index (χ4v) is 3.69. The van der Waals surface area contributed by atoms with Crippen molar-refractivity contribution in [3.05, 3.63) is 30.0 Å². The van der Waals surface area contributed by atoms with E-state index in [-0.39, 0.29) is 0 Å². The van der Waals surface area contributed by atoms with E-state index < -0.39 is 5.95 Å². The second kappa shape index (κ2) is 7.77. The van der Waals surface area contributed by atoms with Crippen molar-refractivity contribution < 1.29 is 4.39 Å². The molecular formula is C16H22FN5S. The minimum atomic E-state index is -0.458. The number of nitrogens with one attached hydrogen (secondary N) is 1. The molecule has 2 aromatic heterocycles. The monoisotopic (exact) mass is 335 g/mol. The van der Waals surface area contributed by atoms with E-state index >= 15 is 0 Å². The summed E-state index contributed by atoms with van der Waals surface area (Å²) in [6, 6.07) is 5.33. The highest BCUT2D eigenvalue weighted by atomic mass is 32.2. The van der Waals surface area contributed by atoms with Gasteiger partial charge in [-0.3, -0.25) is 0 Å². The van der Waals surface area contributed by atoms with E-state index in [4.69, 9.17) is 0 Å². The molecule has 0 bridgehead atoms. The van der Waals surface area contributed by atoms with Gasteiger partial charge in [0.2, 0.25) is 5.95 Å². The maximum absolute atomic E-state index is 13.0. The van der Waals surface area contributed by atoms with Crippen LogP contribution in [-0.2, 0) is 6.42 Å². The number of halogens is 1. The van der Waals surface area contributed by atoms with Crippen molar-refractivity contribution in [2.45, 2.75) is 49.7 Å². The summed E-state index contributed by atoms with van der Waals surface area (Å²) in [5.41, 5.74) is 0. The van der Waals surface area contributed by atoms with Gasteiger partial charge in [0.15, 0.2) is 5.16 Å². The molecule has 2 heterocycles. The topological polar surface area (TPSA) is 55.6 Å². The third kappa shape index (κ3) is 4.02. The molecule has 1 N–H and O–H groups in total. The Kier molecular flexibility index (Phi) is 5.48. The molecule has 5 nitrogen and oxygen atoms in total. The fraction of sp³-hybridized carbons (Fsp3) is 0.562. The molecule has 1 saturated carbocycles. The summed E-state index contributed by atoms with van der Waals surface area (Å²) < 4.78 is 15.4. The number of thioether (sulfide) groups is 1. The average molecular weight is 335 g/mol. The van der Waals surface area contributed by atoms with Crippen LogP contribution in [-0.4, -0.2) is 32.5 Å². The zero-order chi connectivity index (χ0) is 16.1. The Morgan fingerprint density at radius 2 is 2.13 bits per heavy atom. The van der Waals surface area contributed by atoms with E-state index in [1.807, 2.05) is 0 Å². The predicted molar refractivity (Wildman–Crippen MR) is 90.3 cm³/mol. The average Bonchev–Trinajstić information content (AvgIpc) is 3.20. The zero-order valence-electron chi connectivity index (χ0n) is 13.3. The van der Waals surface area contributed by atoms with Gasteiger partial charge < -0.3 is 9.88 Å². The highest BCUT2D eigenvalue weighted by Crippen LogP contribution is 2.33. The molecule has 0 spiro atoms. The molecule has 0 aliphatic heterocycles. The zero-order valence-corrected chi connectivity index (χ0v) is 14.2. The van der Waals surface area contributed by atoms with Gasteiger partial charge in [0.05, 0.1) is 0 Å². The van der Waals surface area contributed by atoms with Crippen LogP contribution in [0.2, 0.25) is 0 Å². The van der Waals surface area contributed by atoms with E-state index in [1.54, 1.807) is 23.9 Å². The summed E-state index contributed by atoms with van der Waals surface area (Å²) in [6.07, 6.45) is 8.88. The van der Waals surface area contributed by atoms with E-state index in [2.05, 4.69) is 31.3 Å². The summed E-state index contributed by atoms with van der Waals surface area (Å²) >= 11 is 1.66. The lowest BCUT2D eigenvalue weighted by molar-refractivity contribution is 0.461. The van der Waals surface area contributed by atoms with Crippen LogP contribution in [0.25, 0.3) is 0 Å². The first kappa shape index (κ1) is 16.2. The van der Waals surface area contributed by atoms with Crippen LogP contribution >= 0.6 is 11.8 Å². The minimum absolute atomic E-state index is 0.458.